The summed E-state index contributed by atoms with van der Waals surface area (Å²) in [4.78, 5) is 170. The fraction of sp³-hybridized carbons (Fsp3) is 0.564. The van der Waals surface area contributed by atoms with Crippen LogP contribution in [0.3, 0.4) is 0 Å². The van der Waals surface area contributed by atoms with E-state index in [1.165, 1.54) is 34.1 Å². The zero-order chi connectivity index (χ0) is 63.4. The SMILES string of the molecule is CC[C@H](C)[C@@H]1NC(=O)[C@H](CO)NC(=O)C(Cc2ccccc2)NC(=O)[C@H]([C@@H](C)O)NC(=O)[C@@H](NC(=O)[C@@H](N)CO)CSSC[C@@H](C(=O)N[C@@H](Cc2ccc(O)cc2)C(=O)O)NC(=O)C(CCC(N)=O)NC(=O)[C@@H]2CCCN2C(=O)[C@@H]2CCCN2C1=O. The van der Waals surface area contributed by atoms with Crippen LogP contribution in [0.15, 0.2) is 54.6 Å². The quantitative estimate of drug-likeness (QED) is 0.0664. The molecule has 5 rings (SSSR count). The maximum atomic E-state index is 14.7. The van der Waals surface area contributed by atoms with Gasteiger partial charge in [0.25, 0.3) is 0 Å². The first kappa shape index (κ1) is 69.2. The lowest BCUT2D eigenvalue weighted by Crippen LogP contribution is -2.63. The zero-order valence-electron chi connectivity index (χ0n) is 47.8. The second-order valence-corrected chi connectivity index (χ2v) is 23.8. The Balaban J connectivity index is 1.57. The number of aliphatic hydroxyl groups excluding tert-OH is 3. The first-order valence-corrected chi connectivity index (χ1v) is 30.6. The summed E-state index contributed by atoms with van der Waals surface area (Å²) < 4.78 is 0. The standard InChI is InChI=1S/C55H78N12O17S2/c1-4-28(2)43-54(82)67-21-9-13-41(67)53(81)66-20-8-12-40(66)51(79)58-34(18-19-42(57)72)46(74)63-38(49(77)60-36(55(83)84)23-31-14-16-32(71)17-15-31)26-85-86-27-39(62-45(73)33(56)24-68)50(78)65-44(29(3)70)52(80)59-35(22-30-10-6-5-7-11-30)47(75)61-37(25-69)48(76)64-43/h5-7,10-11,14-17,28-29,33-41,43-44,68-71H,4,8-9,12-13,18-27,56H2,1-3H3,(H2,57,72)(H,58,79)(H,59,80)(H,60,77)(H,61,75)(H,62,73)(H,63,74)(H,64,76)(H,65,78)(H,83,84)/t28-,29+,33-,34?,35?,36-,37-,38-,39-,40-,41-,43-,44-/m0/s1. The molecule has 3 aliphatic heterocycles. The first-order chi connectivity index (χ1) is 40.9. The monoisotopic (exact) mass is 1240 g/mol. The summed E-state index contributed by atoms with van der Waals surface area (Å²) >= 11 is 0. The Hall–Kier alpha value is -7.58. The number of nitrogens with one attached hydrogen (secondary N) is 8. The van der Waals surface area contributed by atoms with Crippen LogP contribution in [0.25, 0.3) is 0 Å². The van der Waals surface area contributed by atoms with E-state index >= 15 is 0 Å². The van der Waals surface area contributed by atoms with Crippen molar-refractivity contribution >= 4 is 92.5 Å². The molecule has 86 heavy (non-hydrogen) atoms. The third kappa shape index (κ3) is 19.7. The molecule has 3 heterocycles. The Kier molecular flexibility index (Phi) is 26.8. The molecule has 3 saturated heterocycles. The number of benzene rings is 2. The molecule has 2 unspecified atom stereocenters. The van der Waals surface area contributed by atoms with Gasteiger partial charge in [0.05, 0.1) is 19.3 Å². The molecule has 17 N–H and O–H groups in total. The van der Waals surface area contributed by atoms with Crippen LogP contribution in [0.2, 0.25) is 0 Å². The molecular formula is C55H78N12O17S2. The average molecular weight is 1240 g/mol. The van der Waals surface area contributed by atoms with Gasteiger partial charge in [-0.05, 0) is 68.2 Å². The molecule has 0 radical (unpaired) electrons. The van der Waals surface area contributed by atoms with E-state index in [4.69, 9.17) is 11.5 Å². The summed E-state index contributed by atoms with van der Waals surface area (Å²) in [5.74, 6) is -13.6. The van der Waals surface area contributed by atoms with E-state index in [0.717, 1.165) is 28.5 Å². The lowest BCUT2D eigenvalue weighted by atomic mass is 9.96. The number of phenolic OH excluding ortho intramolecular Hbond substituents is 1. The van der Waals surface area contributed by atoms with Gasteiger partial charge >= 0.3 is 5.97 Å². The average Bonchev–Trinajstić information content (AvgIpc) is 2.58. The number of carboxylic acid groups (broad SMARTS) is 1. The van der Waals surface area contributed by atoms with Crippen LogP contribution in [0.1, 0.15) is 76.8 Å². The van der Waals surface area contributed by atoms with E-state index in [1.54, 1.807) is 44.2 Å². The summed E-state index contributed by atoms with van der Waals surface area (Å²) in [6.45, 7) is 2.78. The molecule has 2 aromatic rings. The van der Waals surface area contributed by atoms with Crippen molar-refractivity contribution < 1.29 is 83.1 Å². The summed E-state index contributed by atoms with van der Waals surface area (Å²) in [6, 6.07) is -3.32. The number of nitrogens with two attached hydrogens (primary N) is 2. The molecule has 2 aromatic carbocycles. The smallest absolute Gasteiger partial charge is 0.326 e. The van der Waals surface area contributed by atoms with Gasteiger partial charge in [0, 0.05) is 43.9 Å². The molecule has 0 spiro atoms. The third-order valence-corrected chi connectivity index (χ3v) is 17.3. The summed E-state index contributed by atoms with van der Waals surface area (Å²) in [7, 11) is 1.60. The number of amides is 11. The van der Waals surface area contributed by atoms with Gasteiger partial charge < -0.3 is 89.3 Å². The van der Waals surface area contributed by atoms with Crippen LogP contribution in [-0.4, -0.2) is 217 Å². The molecule has 0 aliphatic carbocycles. The van der Waals surface area contributed by atoms with Crippen molar-refractivity contribution in [2.45, 2.75) is 151 Å². The van der Waals surface area contributed by atoms with Gasteiger partial charge in [-0.2, -0.15) is 0 Å². The second kappa shape index (κ2) is 33.4. The molecule has 0 aromatic heterocycles. The van der Waals surface area contributed by atoms with Crippen LogP contribution in [-0.2, 0) is 70.4 Å². The Bertz CT molecular complexity index is 2750. The minimum atomic E-state index is -1.87. The van der Waals surface area contributed by atoms with Gasteiger partial charge in [-0.15, -0.1) is 0 Å². The molecule has 0 bridgehead atoms. The van der Waals surface area contributed by atoms with Crippen molar-refractivity contribution in [2.75, 3.05) is 37.8 Å². The number of hydrogen-bond donors (Lipinski definition) is 15. The molecular weight excluding hydrogens is 1160 g/mol. The number of carbonyl (C=O) groups excluding carboxylic acids is 11. The van der Waals surface area contributed by atoms with E-state index in [-0.39, 0.29) is 44.5 Å². The highest BCUT2D eigenvalue weighted by Crippen LogP contribution is 2.28. The van der Waals surface area contributed by atoms with Crippen molar-refractivity contribution in [3.05, 3.63) is 65.7 Å². The van der Waals surface area contributed by atoms with Crippen molar-refractivity contribution in [1.82, 2.24) is 52.3 Å². The fourth-order valence-electron chi connectivity index (χ4n) is 9.74. The third-order valence-electron chi connectivity index (χ3n) is 14.9. The molecule has 13 atom stereocenters. The van der Waals surface area contributed by atoms with Gasteiger partial charge in [-0.25, -0.2) is 4.79 Å². The first-order valence-electron chi connectivity index (χ1n) is 28.1. The van der Waals surface area contributed by atoms with Gasteiger partial charge in [-0.1, -0.05) is 84.3 Å². The maximum Gasteiger partial charge on any atom is 0.326 e. The van der Waals surface area contributed by atoms with Gasteiger partial charge in [-0.3, -0.25) is 52.7 Å². The Morgan fingerprint density at radius 3 is 1.88 bits per heavy atom. The summed E-state index contributed by atoms with van der Waals surface area (Å²) in [5.41, 5.74) is 12.1. The molecule has 29 nitrogen and oxygen atoms in total. The molecule has 3 aliphatic rings. The highest BCUT2D eigenvalue weighted by atomic mass is 33.1. The zero-order valence-corrected chi connectivity index (χ0v) is 49.4. The minimum absolute atomic E-state index is 0.0505. The summed E-state index contributed by atoms with van der Waals surface area (Å²) in [5, 5.41) is 71.1. The number of hydrogen-bond acceptors (Lipinski definition) is 19. The van der Waals surface area contributed by atoms with E-state index < -0.39 is 187 Å². The highest BCUT2D eigenvalue weighted by molar-refractivity contribution is 8.76. The molecule has 3 fully saturated rings. The van der Waals surface area contributed by atoms with Crippen molar-refractivity contribution in [3.8, 4) is 5.75 Å². The van der Waals surface area contributed by atoms with E-state index in [9.17, 15) is 83.1 Å². The van der Waals surface area contributed by atoms with Gasteiger partial charge in [0.15, 0.2) is 0 Å². The molecule has 31 heteroatoms. The number of fused-ring (bicyclic) bond motifs is 2. The van der Waals surface area contributed by atoms with Gasteiger partial charge in [0.1, 0.15) is 72.2 Å². The second-order valence-electron chi connectivity index (χ2n) is 21.3. The van der Waals surface area contributed by atoms with E-state index in [0.29, 0.717) is 30.4 Å². The number of carboxylic acids is 1. The molecule has 472 valence electrons. The predicted octanol–water partition coefficient (Wildman–Crippen LogP) is -4.48. The number of carbonyl (C=O) groups is 12. The highest BCUT2D eigenvalue weighted by Gasteiger charge is 2.46. The predicted molar refractivity (Wildman–Crippen MR) is 311 cm³/mol. The Morgan fingerprint density at radius 1 is 0.698 bits per heavy atom. The Labute approximate surface area is 503 Å². The molecule has 11 amide bonds. The normalized spacial score (nSPS) is 26.0. The number of primary amides is 1. The van der Waals surface area contributed by atoms with Crippen molar-refractivity contribution in [3.63, 3.8) is 0 Å². The van der Waals surface area contributed by atoms with Crippen molar-refractivity contribution in [2.24, 2.45) is 17.4 Å². The maximum absolute atomic E-state index is 14.7. The lowest BCUT2D eigenvalue weighted by Gasteiger charge is -2.35. The number of aliphatic carboxylic acids is 1. The number of rotatable bonds is 17. The van der Waals surface area contributed by atoms with E-state index in [2.05, 4.69) is 42.5 Å². The van der Waals surface area contributed by atoms with Crippen molar-refractivity contribution in [1.29, 1.82) is 0 Å². The lowest BCUT2D eigenvalue weighted by molar-refractivity contribution is -0.149. The van der Waals surface area contributed by atoms with Crippen LogP contribution in [0.5, 0.6) is 5.75 Å². The number of aromatic hydroxyl groups is 1. The number of phenols is 1. The fourth-order valence-corrected chi connectivity index (χ4v) is 12.1. The van der Waals surface area contributed by atoms with Crippen LogP contribution >= 0.6 is 21.6 Å². The minimum Gasteiger partial charge on any atom is -0.508 e. The van der Waals surface area contributed by atoms with E-state index in [1.807, 2.05) is 0 Å². The topological polar surface area (TPSA) is 461 Å². The summed E-state index contributed by atoms with van der Waals surface area (Å²) in [6.07, 6.45) is -1.92. The van der Waals surface area contributed by atoms with Crippen LogP contribution in [0, 0.1) is 5.92 Å². The number of nitrogens with zero attached hydrogens (tertiary/aromatic N) is 2. The van der Waals surface area contributed by atoms with Gasteiger partial charge in [0.2, 0.25) is 65.0 Å². The Morgan fingerprint density at radius 2 is 1.28 bits per heavy atom. The largest absolute Gasteiger partial charge is 0.508 e. The van der Waals surface area contributed by atoms with Crippen LogP contribution < -0.4 is 54.0 Å². The van der Waals surface area contributed by atoms with Crippen LogP contribution in [0.4, 0.5) is 0 Å². The number of aliphatic hydroxyl groups is 3. The molecule has 0 saturated carbocycles.